The van der Waals surface area contributed by atoms with Crippen LogP contribution in [0.1, 0.15) is 18.4 Å². The molecule has 5 heteroatoms. The van der Waals surface area contributed by atoms with Crippen molar-refractivity contribution in [2.75, 3.05) is 38.3 Å². The van der Waals surface area contributed by atoms with Gasteiger partial charge in [-0.1, -0.05) is 15.9 Å². The van der Waals surface area contributed by atoms with Crippen molar-refractivity contribution in [1.82, 2.24) is 5.32 Å². The summed E-state index contributed by atoms with van der Waals surface area (Å²) in [6, 6.07) is 6.97. The number of rotatable bonds is 9. The van der Waals surface area contributed by atoms with Crippen LogP contribution in [0.5, 0.6) is 0 Å². The Balaban J connectivity index is 2.09. The third-order valence-electron chi connectivity index (χ3n) is 3.48. The van der Waals surface area contributed by atoms with E-state index in [1.54, 1.807) is 7.11 Å². The summed E-state index contributed by atoms with van der Waals surface area (Å²) in [6.45, 7) is 3.27. The average molecular weight is 343 g/mol. The number of ether oxygens (including phenoxy) is 1. The Morgan fingerprint density at radius 1 is 1.45 bits per heavy atom. The monoisotopic (exact) mass is 342 g/mol. The summed E-state index contributed by atoms with van der Waals surface area (Å²) in [5.74, 6) is 0. The van der Waals surface area contributed by atoms with Gasteiger partial charge in [-0.25, -0.2) is 0 Å². The van der Waals surface area contributed by atoms with Crippen LogP contribution < -0.4 is 10.2 Å². The number of methoxy groups -OCH3 is 1. The van der Waals surface area contributed by atoms with Crippen LogP contribution >= 0.6 is 15.9 Å². The van der Waals surface area contributed by atoms with Gasteiger partial charge in [-0.15, -0.1) is 0 Å². The van der Waals surface area contributed by atoms with Crippen LogP contribution in [0.15, 0.2) is 22.7 Å². The zero-order valence-corrected chi connectivity index (χ0v) is 13.5. The molecule has 4 nitrogen and oxygen atoms in total. The van der Waals surface area contributed by atoms with Crippen molar-refractivity contribution in [2.24, 2.45) is 0 Å². The second-order valence-electron chi connectivity index (χ2n) is 5.09. The lowest BCUT2D eigenvalue weighted by atomic mass is 10.1. The summed E-state index contributed by atoms with van der Waals surface area (Å²) in [6.07, 6.45) is 2.46. The Kier molecular flexibility index (Phi) is 6.29. The van der Waals surface area contributed by atoms with Gasteiger partial charge in [0.2, 0.25) is 0 Å². The van der Waals surface area contributed by atoms with Gasteiger partial charge in [0, 0.05) is 42.9 Å². The van der Waals surface area contributed by atoms with E-state index in [2.05, 4.69) is 44.3 Å². The highest BCUT2D eigenvalue weighted by molar-refractivity contribution is 9.10. The molecule has 1 fully saturated rings. The summed E-state index contributed by atoms with van der Waals surface area (Å²) >= 11 is 3.54. The predicted octanol–water partition coefficient (Wildman–Crippen LogP) is 2.15. The highest BCUT2D eigenvalue weighted by atomic mass is 79.9. The highest BCUT2D eigenvalue weighted by Crippen LogP contribution is 2.34. The number of hydrogen-bond donors (Lipinski definition) is 2. The van der Waals surface area contributed by atoms with Gasteiger partial charge in [0.15, 0.2) is 0 Å². The lowest BCUT2D eigenvalue weighted by Crippen LogP contribution is -2.30. The van der Waals surface area contributed by atoms with E-state index in [0.29, 0.717) is 19.2 Å². The van der Waals surface area contributed by atoms with Crippen molar-refractivity contribution in [3.8, 4) is 0 Å². The first-order chi connectivity index (χ1) is 9.76. The van der Waals surface area contributed by atoms with Crippen LogP contribution in [0.3, 0.4) is 0 Å². The second kappa shape index (κ2) is 7.98. The Hall–Kier alpha value is -0.620. The largest absolute Gasteiger partial charge is 0.395 e. The molecule has 0 radical (unpaired) electrons. The summed E-state index contributed by atoms with van der Waals surface area (Å²) in [5, 5.41) is 12.7. The minimum absolute atomic E-state index is 0.198. The molecule has 1 aliphatic rings. The normalized spacial score (nSPS) is 14.6. The van der Waals surface area contributed by atoms with Crippen molar-refractivity contribution in [3.63, 3.8) is 0 Å². The quantitative estimate of drug-likeness (QED) is 0.675. The van der Waals surface area contributed by atoms with E-state index in [1.807, 2.05) is 0 Å². The van der Waals surface area contributed by atoms with Crippen molar-refractivity contribution in [3.05, 3.63) is 28.2 Å². The molecule has 0 spiro atoms. The minimum atomic E-state index is 0.198. The van der Waals surface area contributed by atoms with Crippen LogP contribution in [0.25, 0.3) is 0 Å². The maximum Gasteiger partial charge on any atom is 0.0606 e. The van der Waals surface area contributed by atoms with E-state index in [4.69, 9.17) is 4.74 Å². The van der Waals surface area contributed by atoms with E-state index >= 15 is 0 Å². The maximum atomic E-state index is 9.28. The minimum Gasteiger partial charge on any atom is -0.395 e. The van der Waals surface area contributed by atoms with E-state index in [1.165, 1.54) is 24.1 Å². The lowest BCUT2D eigenvalue weighted by molar-refractivity contribution is 0.199. The molecule has 0 unspecified atom stereocenters. The van der Waals surface area contributed by atoms with Gasteiger partial charge < -0.3 is 20.1 Å². The number of nitrogens with zero attached hydrogens (tertiary/aromatic N) is 1. The molecular weight excluding hydrogens is 320 g/mol. The number of hydrogen-bond acceptors (Lipinski definition) is 4. The van der Waals surface area contributed by atoms with Crippen molar-refractivity contribution in [2.45, 2.75) is 25.4 Å². The van der Waals surface area contributed by atoms with Crippen molar-refractivity contribution in [1.29, 1.82) is 0 Å². The summed E-state index contributed by atoms with van der Waals surface area (Å²) in [5.41, 5.74) is 2.49. The molecule has 1 aromatic rings. The number of benzene rings is 1. The molecule has 0 aromatic heterocycles. The third kappa shape index (κ3) is 4.45. The first kappa shape index (κ1) is 15.8. The van der Waals surface area contributed by atoms with Crippen molar-refractivity contribution >= 4 is 21.6 Å². The molecule has 0 heterocycles. The molecular formula is C15H23BrN2O2. The standard InChI is InChI=1S/C15H23BrN2O2/c1-20-9-6-17-11-12-10-13(16)2-5-15(12)18(7-8-19)14-3-4-14/h2,5,10,14,17,19H,3-4,6-9,11H2,1H3. The van der Waals surface area contributed by atoms with Crippen molar-refractivity contribution < 1.29 is 9.84 Å². The van der Waals surface area contributed by atoms with Gasteiger partial charge in [-0.3, -0.25) is 0 Å². The summed E-state index contributed by atoms with van der Waals surface area (Å²) in [7, 11) is 1.71. The van der Waals surface area contributed by atoms with Gasteiger partial charge >= 0.3 is 0 Å². The van der Waals surface area contributed by atoms with Crippen LogP contribution in [0.2, 0.25) is 0 Å². The lowest BCUT2D eigenvalue weighted by Gasteiger charge is -2.26. The van der Waals surface area contributed by atoms with Gasteiger partial charge in [0.05, 0.1) is 13.2 Å². The van der Waals surface area contributed by atoms with Gasteiger partial charge in [0.1, 0.15) is 0 Å². The first-order valence-electron chi connectivity index (χ1n) is 7.12. The number of aliphatic hydroxyl groups is 1. The molecule has 1 aromatic carbocycles. The topological polar surface area (TPSA) is 44.7 Å². The summed E-state index contributed by atoms with van der Waals surface area (Å²) < 4.78 is 6.14. The first-order valence-corrected chi connectivity index (χ1v) is 7.91. The molecule has 112 valence electrons. The zero-order chi connectivity index (χ0) is 14.4. The van der Waals surface area contributed by atoms with Crippen LogP contribution in [0, 0.1) is 0 Å². The maximum absolute atomic E-state index is 9.28. The molecule has 1 saturated carbocycles. The molecule has 1 aliphatic carbocycles. The van der Waals surface area contributed by atoms with Crippen LogP contribution in [-0.4, -0.2) is 44.6 Å². The zero-order valence-electron chi connectivity index (χ0n) is 11.9. The molecule has 2 N–H and O–H groups in total. The fourth-order valence-corrected chi connectivity index (χ4v) is 2.78. The average Bonchev–Trinajstić information content (AvgIpc) is 3.26. The molecule has 0 atom stereocenters. The fraction of sp³-hybridized carbons (Fsp3) is 0.600. The van der Waals surface area contributed by atoms with E-state index < -0.39 is 0 Å². The Bertz CT molecular complexity index is 424. The Labute approximate surface area is 129 Å². The highest BCUT2D eigenvalue weighted by Gasteiger charge is 2.29. The van der Waals surface area contributed by atoms with Crippen LogP contribution in [-0.2, 0) is 11.3 Å². The van der Waals surface area contributed by atoms with E-state index in [9.17, 15) is 5.11 Å². The molecule has 0 bridgehead atoms. The molecule has 0 amide bonds. The predicted molar refractivity (Wildman–Crippen MR) is 85.2 cm³/mol. The number of halogens is 1. The van der Waals surface area contributed by atoms with Gasteiger partial charge in [-0.2, -0.15) is 0 Å². The fourth-order valence-electron chi connectivity index (χ4n) is 2.37. The van der Waals surface area contributed by atoms with E-state index in [-0.39, 0.29) is 6.61 Å². The number of nitrogens with one attached hydrogen (secondary N) is 1. The van der Waals surface area contributed by atoms with Gasteiger partial charge in [0.25, 0.3) is 0 Å². The third-order valence-corrected chi connectivity index (χ3v) is 3.97. The summed E-state index contributed by atoms with van der Waals surface area (Å²) in [4.78, 5) is 2.33. The smallest absolute Gasteiger partial charge is 0.0606 e. The molecule has 20 heavy (non-hydrogen) atoms. The number of aliphatic hydroxyl groups excluding tert-OH is 1. The molecule has 2 rings (SSSR count). The Morgan fingerprint density at radius 2 is 2.25 bits per heavy atom. The molecule has 0 aliphatic heterocycles. The van der Waals surface area contributed by atoms with Gasteiger partial charge in [-0.05, 0) is 36.6 Å². The Morgan fingerprint density at radius 3 is 2.90 bits per heavy atom. The molecule has 0 saturated heterocycles. The number of anilines is 1. The SMILES string of the molecule is COCCNCc1cc(Br)ccc1N(CCO)C1CC1. The van der Waals surface area contributed by atoms with Crippen LogP contribution in [0.4, 0.5) is 5.69 Å². The second-order valence-corrected chi connectivity index (χ2v) is 6.01. The van der Waals surface area contributed by atoms with E-state index in [0.717, 1.165) is 17.6 Å².